The maximum Gasteiger partial charge on any atom is 0.209 e. The zero-order valence-corrected chi connectivity index (χ0v) is 9.52. The van der Waals surface area contributed by atoms with E-state index >= 15 is 0 Å². The fourth-order valence-corrected chi connectivity index (χ4v) is 1.52. The van der Waals surface area contributed by atoms with Gasteiger partial charge in [-0.25, -0.2) is 0 Å². The Bertz CT molecular complexity index is 154. The maximum atomic E-state index is 6.81. The fraction of sp³-hybridized carbons (Fsp3) is 0.714. The average Bonchev–Trinajstić information content (AvgIpc) is 2.13. The summed E-state index contributed by atoms with van der Waals surface area (Å²) in [5, 5.41) is 0. The molecule has 0 heterocycles. The van der Waals surface area contributed by atoms with Gasteiger partial charge in [0.25, 0.3) is 0 Å². The van der Waals surface area contributed by atoms with E-state index in [1.807, 2.05) is 6.66 Å². The van der Waals surface area contributed by atoms with Crippen LogP contribution in [0.1, 0.15) is 12.8 Å². The summed E-state index contributed by atoms with van der Waals surface area (Å²) in [5.74, 6) is 0. The predicted molar refractivity (Wildman–Crippen MR) is 63.6 cm³/mol. The minimum Gasteiger partial charge on any atom is -0.371 e. The zero-order chi connectivity index (χ0) is 10.8. The Labute approximate surface area is 89.9 Å². The van der Waals surface area contributed by atoms with E-state index in [9.17, 15) is 0 Å². The highest BCUT2D eigenvalue weighted by molar-refractivity contribution is 8.15. The van der Waals surface area contributed by atoms with Gasteiger partial charge >= 0.3 is 0 Å². The van der Waals surface area contributed by atoms with E-state index in [4.69, 9.17) is 17.6 Å². The van der Waals surface area contributed by atoms with Crippen molar-refractivity contribution < 1.29 is 8.71 Å². The summed E-state index contributed by atoms with van der Waals surface area (Å²) in [4.78, 5) is 0. The van der Waals surface area contributed by atoms with Crippen LogP contribution < -0.4 is 0 Å². The first-order valence-corrected chi connectivity index (χ1v) is 6.53. The van der Waals surface area contributed by atoms with Crippen LogP contribution in [0.3, 0.4) is 0 Å². The molecule has 0 aliphatic rings. The molecule has 13 heavy (non-hydrogen) atoms. The van der Waals surface area contributed by atoms with Crippen molar-refractivity contribution in [1.82, 2.24) is 0 Å². The smallest absolute Gasteiger partial charge is 0.209 e. The predicted octanol–water partition coefficient (Wildman–Crippen LogP) is 1.93. The van der Waals surface area contributed by atoms with Crippen molar-refractivity contribution >= 4 is 34.6 Å². The number of hydrogen-bond acceptors (Lipinski definition) is 3. The summed E-state index contributed by atoms with van der Waals surface area (Å²) < 4.78 is 17.4. The van der Waals surface area contributed by atoms with Crippen LogP contribution in [0.5, 0.6) is 0 Å². The fourth-order valence-electron chi connectivity index (χ4n) is 0.798. The van der Waals surface area contributed by atoms with Gasteiger partial charge in [0.2, 0.25) is 7.09 Å². The molecule has 2 atom stereocenters. The van der Waals surface area contributed by atoms with E-state index in [2.05, 4.69) is 6.58 Å². The van der Waals surface area contributed by atoms with Crippen LogP contribution in [-0.4, -0.2) is 35.4 Å². The van der Waals surface area contributed by atoms with Crippen LogP contribution in [0, 0.1) is 0 Å². The topological polar surface area (TPSA) is 18.5 Å². The third kappa shape index (κ3) is 8.89. The van der Waals surface area contributed by atoms with E-state index in [1.165, 1.54) is 0 Å². The molecular formula is C7H14B2O2PS. The molecule has 0 aromatic carbocycles. The summed E-state index contributed by atoms with van der Waals surface area (Å²) in [6.45, 7) is 6.09. The third-order valence-corrected chi connectivity index (χ3v) is 2.33. The Kier molecular flexibility index (Phi) is 8.18. The molecule has 6 heteroatoms. The summed E-state index contributed by atoms with van der Waals surface area (Å²) in [6, 6.07) is 0. The van der Waals surface area contributed by atoms with Gasteiger partial charge < -0.3 is 8.71 Å². The lowest BCUT2D eigenvalue weighted by Crippen LogP contribution is -2.10. The lowest BCUT2D eigenvalue weighted by Gasteiger charge is -2.15. The van der Waals surface area contributed by atoms with E-state index in [0.717, 1.165) is 31.8 Å². The van der Waals surface area contributed by atoms with Crippen LogP contribution in [0.2, 0.25) is 0 Å². The van der Waals surface area contributed by atoms with E-state index < -0.39 is 8.03 Å². The van der Waals surface area contributed by atoms with Crippen LogP contribution in [0.25, 0.3) is 0 Å². The molecule has 0 bridgehead atoms. The van der Waals surface area contributed by atoms with E-state index in [0.29, 0.717) is 6.61 Å². The first kappa shape index (κ1) is 11.6. The van der Waals surface area contributed by atoms with Gasteiger partial charge in [0, 0.05) is 0 Å². The number of rotatable bonds is 9. The van der Waals surface area contributed by atoms with Crippen LogP contribution >= 0.6 is 19.9 Å². The Morgan fingerprint density at radius 1 is 1.92 bits per heavy atom. The van der Waals surface area contributed by atoms with Crippen LogP contribution in [0.4, 0.5) is 0 Å². The molecule has 2 nitrogen and oxygen atoms in total. The lowest BCUT2D eigenvalue weighted by atomic mass is 10.2. The zero-order valence-electron chi connectivity index (χ0n) is 8.81. The van der Waals surface area contributed by atoms with Crippen molar-refractivity contribution in [2.45, 2.75) is 18.9 Å². The highest BCUT2D eigenvalue weighted by Crippen LogP contribution is 2.25. The molecule has 71 valence electrons. The second-order valence-electron chi connectivity index (χ2n) is 2.51. The van der Waals surface area contributed by atoms with Crippen molar-refractivity contribution in [2.75, 3.05) is 13.3 Å². The first-order chi connectivity index (χ1) is 6.70. The molecule has 0 saturated carbocycles. The normalized spacial score (nSPS) is 15.9. The molecule has 0 aromatic rings. The molecule has 1 unspecified atom stereocenters. The summed E-state index contributed by atoms with van der Waals surface area (Å²) in [7, 11) is 5.87. The van der Waals surface area contributed by atoms with Crippen molar-refractivity contribution in [2.24, 2.45) is 0 Å². The minimum absolute atomic E-state index is 0.0500. The molecule has 0 aliphatic carbocycles. The van der Waals surface area contributed by atoms with Gasteiger partial charge in [0.1, 0.15) is 7.57 Å². The van der Waals surface area contributed by atoms with Gasteiger partial charge in [-0.3, -0.25) is 0 Å². The monoisotopic (exact) mass is 217 g/mol. The van der Waals surface area contributed by atoms with E-state index in [-0.39, 0.29) is 6.10 Å². The van der Waals surface area contributed by atoms with Gasteiger partial charge in [0.05, 0.1) is 12.7 Å². The first-order valence-electron chi connectivity index (χ1n) is 4.53. The molecule has 0 fully saturated rings. The van der Waals surface area contributed by atoms with Crippen molar-refractivity contribution in [3.05, 3.63) is 12.7 Å². The van der Waals surface area contributed by atoms with Crippen molar-refractivity contribution in [3.8, 4) is 0 Å². The molecule has 0 aliphatic heterocycles. The summed E-state index contributed by atoms with van der Waals surface area (Å²) >= 11 is 1.03. The Morgan fingerprint density at radius 3 is 3.23 bits per heavy atom. The Balaban J connectivity index is 3.55. The highest BCUT2D eigenvalue weighted by atomic mass is 32.2. The maximum absolute atomic E-state index is 6.81. The van der Waals surface area contributed by atoms with Crippen molar-refractivity contribution in [3.63, 3.8) is 0 Å². The summed E-state index contributed by atoms with van der Waals surface area (Å²) in [6.07, 6.45) is 3.38. The standard InChI is InChI=1S/C7H14B2O2PS/c1-3-4-7(11-13-9)5-6-10-12(2)8/h3,7,9H,1,4-6H2,2H3/t7-,12?/m0/s1/i9T. The lowest BCUT2D eigenvalue weighted by molar-refractivity contribution is 0.200. The second-order valence-corrected chi connectivity index (χ2v) is 4.24. The van der Waals surface area contributed by atoms with Gasteiger partial charge in [-0.2, -0.15) is 0 Å². The second kappa shape index (κ2) is 9.14. The van der Waals surface area contributed by atoms with Gasteiger partial charge in [-0.1, -0.05) is 18.0 Å². The van der Waals surface area contributed by atoms with Gasteiger partial charge in [0.15, 0.2) is 0 Å². The Morgan fingerprint density at radius 2 is 2.69 bits per heavy atom. The SMILES string of the molecule is [3H][B]SO[C@@H](CC=C)CCOP([B])C. The molecule has 3 radical (unpaired) electrons. The van der Waals surface area contributed by atoms with Gasteiger partial charge in [-0.05, 0) is 28.9 Å². The molecular weight excluding hydrogens is 201 g/mol. The minimum atomic E-state index is -0.786. The molecule has 0 rings (SSSR count). The molecule has 0 amide bonds. The van der Waals surface area contributed by atoms with Crippen LogP contribution in [-0.2, 0) is 8.71 Å². The molecule has 0 aromatic heterocycles. The number of hydrogen-bond donors (Lipinski definition) is 0. The molecule has 0 saturated heterocycles. The quantitative estimate of drug-likeness (QED) is 0.254. The summed E-state index contributed by atoms with van der Waals surface area (Å²) in [5.41, 5.74) is 0. The average molecular weight is 217 g/mol. The largest absolute Gasteiger partial charge is 0.371 e. The highest BCUT2D eigenvalue weighted by Gasteiger charge is 2.06. The third-order valence-electron chi connectivity index (χ3n) is 1.36. The Hall–Kier alpha value is 0.570. The van der Waals surface area contributed by atoms with E-state index in [1.54, 1.807) is 6.08 Å². The van der Waals surface area contributed by atoms with Crippen molar-refractivity contribution in [1.29, 1.82) is 1.34 Å². The molecule has 0 N–H and O–H groups in total. The van der Waals surface area contributed by atoms with Gasteiger partial charge in [-0.15, -0.1) is 6.58 Å². The van der Waals surface area contributed by atoms with Crippen LogP contribution in [0.15, 0.2) is 12.7 Å². The molecule has 0 spiro atoms.